The molecule has 3 aromatic rings. The van der Waals surface area contributed by atoms with E-state index < -0.39 is 0 Å². The van der Waals surface area contributed by atoms with Crippen molar-refractivity contribution in [2.75, 3.05) is 10.6 Å². The van der Waals surface area contributed by atoms with Crippen molar-refractivity contribution in [1.82, 2.24) is 9.78 Å². The molecule has 0 saturated heterocycles. The minimum absolute atomic E-state index is 0.569. The Morgan fingerprint density at radius 1 is 0.926 bits per heavy atom. The average molecular weight is 379 g/mol. The maximum atomic E-state index is 5.51. The Morgan fingerprint density at radius 2 is 1.67 bits per heavy atom. The lowest BCUT2D eigenvalue weighted by atomic mass is 10.1. The van der Waals surface area contributed by atoms with Gasteiger partial charge in [-0.15, -0.1) is 0 Å². The molecular weight excluding hydrogens is 352 g/mol. The zero-order valence-electron chi connectivity index (χ0n) is 16.6. The smallest absolute Gasteiger partial charge is 0.175 e. The molecule has 2 N–H and O–H groups in total. The van der Waals surface area contributed by atoms with Crippen LogP contribution in [0.5, 0.6) is 0 Å². The fourth-order valence-electron chi connectivity index (χ4n) is 3.08. The Kier molecular flexibility index (Phi) is 5.61. The number of nitrogens with one attached hydrogen (secondary N) is 2. The summed E-state index contributed by atoms with van der Waals surface area (Å²) in [6.07, 6.45) is 0. The molecular formula is C22H26N4S. The molecule has 4 nitrogen and oxygen atoms in total. The van der Waals surface area contributed by atoms with Gasteiger partial charge in [0.05, 0.1) is 23.6 Å². The summed E-state index contributed by atoms with van der Waals surface area (Å²) in [5.41, 5.74) is 9.00. The van der Waals surface area contributed by atoms with Crippen LogP contribution in [0.2, 0.25) is 0 Å². The van der Waals surface area contributed by atoms with Gasteiger partial charge in [-0.05, 0) is 81.2 Å². The first-order chi connectivity index (χ1) is 12.8. The van der Waals surface area contributed by atoms with Gasteiger partial charge in [-0.25, -0.2) is 0 Å². The highest BCUT2D eigenvalue weighted by Crippen LogP contribution is 2.22. The largest absolute Gasteiger partial charge is 0.332 e. The molecule has 27 heavy (non-hydrogen) atoms. The Morgan fingerprint density at radius 3 is 2.37 bits per heavy atom. The van der Waals surface area contributed by atoms with E-state index in [-0.39, 0.29) is 0 Å². The van der Waals surface area contributed by atoms with Gasteiger partial charge < -0.3 is 10.6 Å². The molecule has 5 heteroatoms. The number of aryl methyl sites for hydroxylation is 4. The summed E-state index contributed by atoms with van der Waals surface area (Å²) in [5.74, 6) is 0. The number of anilines is 2. The summed E-state index contributed by atoms with van der Waals surface area (Å²) in [7, 11) is 0. The summed E-state index contributed by atoms with van der Waals surface area (Å²) in [4.78, 5) is 0. The minimum atomic E-state index is 0.569. The predicted octanol–water partition coefficient (Wildman–Crippen LogP) is 5.28. The second kappa shape index (κ2) is 7.92. The lowest BCUT2D eigenvalue weighted by Gasteiger charge is -2.13. The molecule has 0 bridgehead atoms. The number of aromatic nitrogens is 2. The number of rotatable bonds is 4. The van der Waals surface area contributed by atoms with E-state index in [2.05, 4.69) is 74.7 Å². The highest BCUT2D eigenvalue weighted by molar-refractivity contribution is 7.80. The van der Waals surface area contributed by atoms with Crippen LogP contribution in [0.1, 0.15) is 33.6 Å². The van der Waals surface area contributed by atoms with Crippen molar-refractivity contribution in [1.29, 1.82) is 0 Å². The number of nitrogens with zero attached hydrogens (tertiary/aromatic N) is 2. The fourth-order valence-corrected chi connectivity index (χ4v) is 3.30. The SMILES string of the molecule is Cc1ccc(NC(=S)Nc2c(C)nn(Cc3ccccc3C)c2C)cc1C. The summed E-state index contributed by atoms with van der Waals surface area (Å²) in [6, 6.07) is 14.6. The van der Waals surface area contributed by atoms with Crippen LogP contribution in [0.4, 0.5) is 11.4 Å². The van der Waals surface area contributed by atoms with Crippen molar-refractivity contribution in [2.45, 2.75) is 41.2 Å². The number of hydrogen-bond acceptors (Lipinski definition) is 2. The summed E-state index contributed by atoms with van der Waals surface area (Å²) in [5, 5.41) is 11.9. The highest BCUT2D eigenvalue weighted by Gasteiger charge is 2.14. The molecule has 0 radical (unpaired) electrons. The Bertz CT molecular complexity index is 988. The van der Waals surface area contributed by atoms with Crippen LogP contribution in [0.25, 0.3) is 0 Å². The third-order valence-corrected chi connectivity index (χ3v) is 5.17. The van der Waals surface area contributed by atoms with Crippen LogP contribution in [-0.4, -0.2) is 14.9 Å². The molecule has 2 aromatic carbocycles. The van der Waals surface area contributed by atoms with Gasteiger partial charge in [0.15, 0.2) is 5.11 Å². The van der Waals surface area contributed by atoms with E-state index in [9.17, 15) is 0 Å². The third-order valence-electron chi connectivity index (χ3n) is 4.97. The zero-order chi connectivity index (χ0) is 19.6. The number of thiocarbonyl (C=S) groups is 1. The summed E-state index contributed by atoms with van der Waals surface area (Å²) in [6.45, 7) is 11.1. The van der Waals surface area contributed by atoms with Gasteiger partial charge in [0.1, 0.15) is 0 Å². The first-order valence-electron chi connectivity index (χ1n) is 9.09. The molecule has 0 atom stereocenters. The van der Waals surface area contributed by atoms with Crippen LogP contribution in [0.3, 0.4) is 0 Å². The van der Waals surface area contributed by atoms with Gasteiger partial charge in [-0.3, -0.25) is 4.68 Å². The normalized spacial score (nSPS) is 10.7. The van der Waals surface area contributed by atoms with Crippen molar-refractivity contribution < 1.29 is 0 Å². The second-order valence-electron chi connectivity index (χ2n) is 7.01. The first-order valence-corrected chi connectivity index (χ1v) is 9.49. The van der Waals surface area contributed by atoms with Crippen molar-refractivity contribution in [2.24, 2.45) is 0 Å². The maximum Gasteiger partial charge on any atom is 0.175 e. The monoisotopic (exact) mass is 378 g/mol. The van der Waals surface area contributed by atoms with Crippen LogP contribution in [-0.2, 0) is 6.54 Å². The third kappa shape index (κ3) is 4.37. The van der Waals surface area contributed by atoms with E-state index in [0.29, 0.717) is 5.11 Å². The van der Waals surface area contributed by atoms with Crippen LogP contribution < -0.4 is 10.6 Å². The minimum Gasteiger partial charge on any atom is -0.332 e. The van der Waals surface area contributed by atoms with E-state index in [0.717, 1.165) is 29.3 Å². The lowest BCUT2D eigenvalue weighted by Crippen LogP contribution is -2.20. The van der Waals surface area contributed by atoms with Crippen molar-refractivity contribution in [3.05, 3.63) is 76.1 Å². The average Bonchev–Trinajstić information content (AvgIpc) is 2.88. The predicted molar refractivity (Wildman–Crippen MR) is 118 cm³/mol. The molecule has 0 saturated carbocycles. The first kappa shape index (κ1) is 19.1. The zero-order valence-corrected chi connectivity index (χ0v) is 17.4. The standard InChI is InChI=1S/C22H26N4S/c1-14-10-11-20(12-16(14)3)23-22(27)24-21-17(4)25-26(18(21)5)13-19-9-7-6-8-15(19)2/h6-12H,13H2,1-5H3,(H2,23,24,27). The van der Waals surface area contributed by atoms with Gasteiger partial charge in [0.2, 0.25) is 0 Å². The Hall–Kier alpha value is -2.66. The Balaban J connectivity index is 1.75. The van der Waals surface area contributed by atoms with E-state index in [4.69, 9.17) is 17.3 Å². The van der Waals surface area contributed by atoms with Crippen LogP contribution in [0, 0.1) is 34.6 Å². The summed E-state index contributed by atoms with van der Waals surface area (Å²) < 4.78 is 2.03. The van der Waals surface area contributed by atoms with Gasteiger partial charge in [0.25, 0.3) is 0 Å². The van der Waals surface area contributed by atoms with Crippen molar-refractivity contribution >= 4 is 28.7 Å². The maximum absolute atomic E-state index is 5.51. The number of benzene rings is 2. The molecule has 0 aliphatic carbocycles. The fraction of sp³-hybridized carbons (Fsp3) is 0.273. The molecule has 3 rings (SSSR count). The molecule has 0 unspecified atom stereocenters. The van der Waals surface area contributed by atoms with Crippen molar-refractivity contribution in [3.63, 3.8) is 0 Å². The topological polar surface area (TPSA) is 41.9 Å². The van der Waals surface area contributed by atoms with Gasteiger partial charge >= 0.3 is 0 Å². The van der Waals surface area contributed by atoms with Crippen molar-refractivity contribution in [3.8, 4) is 0 Å². The molecule has 1 heterocycles. The molecule has 1 aromatic heterocycles. The molecule has 0 fully saturated rings. The quantitative estimate of drug-likeness (QED) is 0.606. The Labute approximate surface area is 166 Å². The second-order valence-corrected chi connectivity index (χ2v) is 7.42. The molecule has 0 spiro atoms. The van der Waals surface area contributed by atoms with Crippen LogP contribution in [0.15, 0.2) is 42.5 Å². The lowest BCUT2D eigenvalue weighted by molar-refractivity contribution is 0.657. The van der Waals surface area contributed by atoms with E-state index >= 15 is 0 Å². The highest BCUT2D eigenvalue weighted by atomic mass is 32.1. The van der Waals surface area contributed by atoms with Crippen LogP contribution >= 0.6 is 12.2 Å². The van der Waals surface area contributed by atoms with Gasteiger partial charge in [-0.2, -0.15) is 5.10 Å². The van der Waals surface area contributed by atoms with E-state index in [1.54, 1.807) is 0 Å². The van der Waals surface area contributed by atoms with Gasteiger partial charge in [-0.1, -0.05) is 30.3 Å². The molecule has 0 amide bonds. The summed E-state index contributed by atoms with van der Waals surface area (Å²) >= 11 is 5.51. The number of hydrogen-bond donors (Lipinski definition) is 2. The van der Waals surface area contributed by atoms with E-state index in [1.807, 2.05) is 17.7 Å². The molecule has 0 aliphatic heterocycles. The molecule has 0 aliphatic rings. The molecule has 140 valence electrons. The van der Waals surface area contributed by atoms with E-state index in [1.165, 1.54) is 22.3 Å². The van der Waals surface area contributed by atoms with Gasteiger partial charge in [0, 0.05) is 5.69 Å².